The van der Waals surface area contributed by atoms with Gasteiger partial charge in [-0.25, -0.2) is 0 Å². The van der Waals surface area contributed by atoms with Crippen molar-refractivity contribution >= 4 is 21.6 Å². The van der Waals surface area contributed by atoms with Gasteiger partial charge in [-0.15, -0.1) is 0 Å². The number of hydrogen-bond acceptors (Lipinski definition) is 3. The highest BCUT2D eigenvalue weighted by atomic mass is 79.9. The first-order valence-corrected chi connectivity index (χ1v) is 8.03. The van der Waals surface area contributed by atoms with E-state index in [4.69, 9.17) is 5.73 Å². The van der Waals surface area contributed by atoms with Crippen molar-refractivity contribution in [2.75, 3.05) is 11.4 Å². The van der Waals surface area contributed by atoms with Crippen LogP contribution in [0.25, 0.3) is 0 Å². The zero-order valence-corrected chi connectivity index (χ0v) is 14.4. The molecule has 2 rings (SSSR count). The molecule has 0 fully saturated rings. The average Bonchev–Trinajstić information content (AvgIpc) is 2.45. The lowest BCUT2D eigenvalue weighted by Gasteiger charge is -2.25. The maximum Gasteiger partial charge on any atom is 0.0602 e. The van der Waals surface area contributed by atoms with Crippen molar-refractivity contribution in [2.45, 2.75) is 33.4 Å². The SMILES string of the molecule is CCN(Cc1cccc(C)n1)c1ccc([C@@H](C)N)cc1Br. The number of anilines is 1. The Balaban J connectivity index is 2.25. The van der Waals surface area contributed by atoms with Crippen LogP contribution in [0.3, 0.4) is 0 Å². The van der Waals surface area contributed by atoms with Gasteiger partial charge in [0.05, 0.1) is 17.9 Å². The number of nitrogens with two attached hydrogens (primary N) is 1. The van der Waals surface area contributed by atoms with E-state index < -0.39 is 0 Å². The van der Waals surface area contributed by atoms with E-state index in [0.717, 1.165) is 34.5 Å². The zero-order valence-electron chi connectivity index (χ0n) is 12.8. The number of aryl methyl sites for hydroxylation is 1. The average molecular weight is 348 g/mol. The molecule has 1 atom stereocenters. The Bertz CT molecular complexity index is 611. The molecule has 112 valence electrons. The van der Waals surface area contributed by atoms with Crippen LogP contribution in [-0.2, 0) is 6.54 Å². The van der Waals surface area contributed by atoms with Crippen LogP contribution in [0, 0.1) is 6.92 Å². The molecule has 4 heteroatoms. The molecular formula is C17H22BrN3. The third kappa shape index (κ3) is 4.05. The van der Waals surface area contributed by atoms with Gasteiger partial charge in [0.25, 0.3) is 0 Å². The summed E-state index contributed by atoms with van der Waals surface area (Å²) in [4.78, 5) is 6.89. The zero-order chi connectivity index (χ0) is 15.4. The van der Waals surface area contributed by atoms with E-state index in [2.05, 4.69) is 63.1 Å². The fourth-order valence-corrected chi connectivity index (χ4v) is 2.96. The molecule has 0 aliphatic carbocycles. The van der Waals surface area contributed by atoms with Gasteiger partial charge in [-0.1, -0.05) is 12.1 Å². The van der Waals surface area contributed by atoms with Gasteiger partial charge in [-0.3, -0.25) is 4.98 Å². The van der Waals surface area contributed by atoms with Crippen LogP contribution >= 0.6 is 15.9 Å². The molecule has 0 bridgehead atoms. The number of nitrogens with zero attached hydrogens (tertiary/aromatic N) is 2. The van der Waals surface area contributed by atoms with Crippen LogP contribution in [0.15, 0.2) is 40.9 Å². The molecule has 0 aliphatic heterocycles. The Morgan fingerprint density at radius 1 is 1.29 bits per heavy atom. The quantitative estimate of drug-likeness (QED) is 0.881. The second kappa shape index (κ2) is 7.05. The van der Waals surface area contributed by atoms with Crippen LogP contribution in [0.5, 0.6) is 0 Å². The molecule has 0 radical (unpaired) electrons. The fraction of sp³-hybridized carbons (Fsp3) is 0.353. The van der Waals surface area contributed by atoms with Gasteiger partial charge in [0.1, 0.15) is 0 Å². The Labute approximate surface area is 135 Å². The standard InChI is InChI=1S/C17H22BrN3/c1-4-21(11-15-7-5-6-12(2)20-15)17-9-8-14(13(3)19)10-16(17)18/h5-10,13H,4,11,19H2,1-3H3/t13-/m1/s1. The molecular weight excluding hydrogens is 326 g/mol. The maximum absolute atomic E-state index is 5.94. The lowest BCUT2D eigenvalue weighted by molar-refractivity contribution is 0.796. The van der Waals surface area contributed by atoms with Gasteiger partial charge in [0.15, 0.2) is 0 Å². The predicted octanol–water partition coefficient (Wildman–Crippen LogP) is 4.20. The highest BCUT2D eigenvalue weighted by molar-refractivity contribution is 9.10. The minimum atomic E-state index is 0.0452. The summed E-state index contributed by atoms with van der Waals surface area (Å²) in [5.74, 6) is 0. The smallest absolute Gasteiger partial charge is 0.0602 e. The number of aromatic nitrogens is 1. The molecule has 0 aliphatic rings. The number of benzene rings is 1. The second-order valence-corrected chi connectivity index (χ2v) is 6.14. The summed E-state index contributed by atoms with van der Waals surface area (Å²) in [5, 5.41) is 0. The van der Waals surface area contributed by atoms with Gasteiger partial charge >= 0.3 is 0 Å². The third-order valence-corrected chi connectivity index (χ3v) is 4.15. The first kappa shape index (κ1) is 16.0. The largest absolute Gasteiger partial charge is 0.365 e. The highest BCUT2D eigenvalue weighted by Crippen LogP contribution is 2.29. The van der Waals surface area contributed by atoms with Crippen molar-refractivity contribution in [1.29, 1.82) is 0 Å². The molecule has 3 nitrogen and oxygen atoms in total. The van der Waals surface area contributed by atoms with Crippen LogP contribution in [0.1, 0.15) is 36.8 Å². The molecule has 2 N–H and O–H groups in total. The summed E-state index contributed by atoms with van der Waals surface area (Å²) < 4.78 is 1.08. The number of rotatable bonds is 5. The summed E-state index contributed by atoms with van der Waals surface area (Å²) in [6.45, 7) is 7.89. The van der Waals surface area contributed by atoms with Crippen LogP contribution in [0.4, 0.5) is 5.69 Å². The monoisotopic (exact) mass is 347 g/mol. The summed E-state index contributed by atoms with van der Waals surface area (Å²) in [5.41, 5.74) is 10.4. The molecule has 0 amide bonds. The first-order valence-electron chi connectivity index (χ1n) is 7.23. The van der Waals surface area contributed by atoms with Crippen molar-refractivity contribution in [3.63, 3.8) is 0 Å². The predicted molar refractivity (Wildman–Crippen MR) is 92.4 cm³/mol. The Morgan fingerprint density at radius 3 is 2.62 bits per heavy atom. The van der Waals surface area contributed by atoms with E-state index in [1.807, 2.05) is 19.9 Å². The van der Waals surface area contributed by atoms with Gasteiger partial charge in [-0.05, 0) is 66.5 Å². The van der Waals surface area contributed by atoms with E-state index in [-0.39, 0.29) is 6.04 Å². The number of pyridine rings is 1. The van der Waals surface area contributed by atoms with Gasteiger partial charge in [-0.2, -0.15) is 0 Å². The summed E-state index contributed by atoms with van der Waals surface area (Å²) in [7, 11) is 0. The topological polar surface area (TPSA) is 42.2 Å². The lowest BCUT2D eigenvalue weighted by atomic mass is 10.1. The molecule has 1 heterocycles. The summed E-state index contributed by atoms with van der Waals surface area (Å²) in [6, 6.07) is 12.5. The highest BCUT2D eigenvalue weighted by Gasteiger charge is 2.11. The first-order chi connectivity index (χ1) is 10.0. The van der Waals surface area contributed by atoms with Crippen LogP contribution in [0.2, 0.25) is 0 Å². The van der Waals surface area contributed by atoms with Crippen molar-refractivity contribution in [1.82, 2.24) is 4.98 Å². The van der Waals surface area contributed by atoms with E-state index >= 15 is 0 Å². The normalized spacial score (nSPS) is 12.2. The maximum atomic E-state index is 5.94. The van der Waals surface area contributed by atoms with Gasteiger partial charge in [0, 0.05) is 22.8 Å². The summed E-state index contributed by atoms with van der Waals surface area (Å²) >= 11 is 3.67. The van der Waals surface area contributed by atoms with Crippen molar-refractivity contribution < 1.29 is 0 Å². The van der Waals surface area contributed by atoms with Crippen LogP contribution in [-0.4, -0.2) is 11.5 Å². The Kier molecular flexibility index (Phi) is 5.37. The molecule has 0 saturated heterocycles. The molecule has 0 spiro atoms. The minimum absolute atomic E-state index is 0.0452. The molecule has 21 heavy (non-hydrogen) atoms. The molecule has 1 aromatic carbocycles. The Morgan fingerprint density at radius 2 is 2.05 bits per heavy atom. The van der Waals surface area contributed by atoms with E-state index in [9.17, 15) is 0 Å². The lowest BCUT2D eigenvalue weighted by Crippen LogP contribution is -2.23. The van der Waals surface area contributed by atoms with E-state index in [1.165, 1.54) is 5.69 Å². The van der Waals surface area contributed by atoms with E-state index in [1.54, 1.807) is 0 Å². The molecule has 1 aromatic heterocycles. The Hall–Kier alpha value is -1.39. The summed E-state index contributed by atoms with van der Waals surface area (Å²) in [6.07, 6.45) is 0. The van der Waals surface area contributed by atoms with Gasteiger partial charge < -0.3 is 10.6 Å². The molecule has 0 saturated carbocycles. The fourth-order valence-electron chi connectivity index (χ4n) is 2.31. The third-order valence-electron chi connectivity index (χ3n) is 3.52. The molecule has 2 aromatic rings. The van der Waals surface area contributed by atoms with Crippen molar-refractivity contribution in [2.24, 2.45) is 5.73 Å². The number of halogens is 1. The molecule has 0 unspecified atom stereocenters. The van der Waals surface area contributed by atoms with E-state index in [0.29, 0.717) is 0 Å². The minimum Gasteiger partial charge on any atom is -0.365 e. The number of hydrogen-bond donors (Lipinski definition) is 1. The van der Waals surface area contributed by atoms with Crippen LogP contribution < -0.4 is 10.6 Å². The van der Waals surface area contributed by atoms with Gasteiger partial charge in [0.2, 0.25) is 0 Å². The van der Waals surface area contributed by atoms with Crippen molar-refractivity contribution in [3.8, 4) is 0 Å². The van der Waals surface area contributed by atoms with Crippen molar-refractivity contribution in [3.05, 3.63) is 57.8 Å². The second-order valence-electron chi connectivity index (χ2n) is 5.28.